The molecule has 2 aromatic carbocycles. The van der Waals surface area contributed by atoms with Crippen molar-refractivity contribution in [3.05, 3.63) is 71.4 Å². The fraction of sp³-hybridized carbons (Fsp3) is 0.394. The van der Waals surface area contributed by atoms with Crippen LogP contribution in [0.15, 0.2) is 54.7 Å². The van der Waals surface area contributed by atoms with E-state index in [9.17, 15) is 28.8 Å². The molecule has 0 saturated heterocycles. The Morgan fingerprint density at radius 2 is 1.49 bits per heavy atom. The van der Waals surface area contributed by atoms with Gasteiger partial charge in [0.1, 0.15) is 12.1 Å². The Morgan fingerprint density at radius 3 is 2.11 bits per heavy atom. The van der Waals surface area contributed by atoms with E-state index in [4.69, 9.17) is 0 Å². The van der Waals surface area contributed by atoms with E-state index in [1.54, 1.807) is 24.3 Å². The van der Waals surface area contributed by atoms with Gasteiger partial charge in [0.25, 0.3) is 11.8 Å². The zero-order chi connectivity index (χ0) is 32.7. The van der Waals surface area contributed by atoms with Crippen molar-refractivity contribution in [2.75, 3.05) is 13.6 Å². The number of carbonyl (C=O) groups is 6. The molecule has 3 aromatic rings. The van der Waals surface area contributed by atoms with Crippen LogP contribution in [0, 0.1) is 5.92 Å². The SMILES string of the molecule is CNC(=O)[C@H](Cc1c[nH]c2ccccc12)NC(=O)C(CC(C)C)NC(=O)C(CCCN1C(=O)c2ccccc2C1=O)SC(C)=O. The number of fused-ring (bicyclic) bond motifs is 2. The van der Waals surface area contributed by atoms with Gasteiger partial charge in [0.2, 0.25) is 17.7 Å². The van der Waals surface area contributed by atoms with Crippen molar-refractivity contribution in [1.82, 2.24) is 25.8 Å². The highest BCUT2D eigenvalue weighted by molar-refractivity contribution is 8.14. The Labute approximate surface area is 266 Å². The first kappa shape index (κ1) is 33.4. The third-order valence-corrected chi connectivity index (χ3v) is 8.71. The molecule has 0 saturated carbocycles. The fourth-order valence-electron chi connectivity index (χ4n) is 5.46. The minimum Gasteiger partial charge on any atom is -0.361 e. The molecule has 2 unspecified atom stereocenters. The number of hydrogen-bond donors (Lipinski definition) is 4. The van der Waals surface area contributed by atoms with E-state index < -0.39 is 29.1 Å². The summed E-state index contributed by atoms with van der Waals surface area (Å²) in [7, 11) is 1.50. The van der Waals surface area contributed by atoms with Crippen LogP contribution in [-0.2, 0) is 25.6 Å². The van der Waals surface area contributed by atoms with Crippen LogP contribution >= 0.6 is 11.8 Å². The van der Waals surface area contributed by atoms with Crippen LogP contribution in [0.3, 0.4) is 0 Å². The number of benzene rings is 2. The van der Waals surface area contributed by atoms with Crippen molar-refractivity contribution in [3.8, 4) is 0 Å². The van der Waals surface area contributed by atoms with Gasteiger partial charge in [-0.1, -0.05) is 55.9 Å². The average Bonchev–Trinajstić information content (AvgIpc) is 3.53. The van der Waals surface area contributed by atoms with E-state index in [1.165, 1.54) is 14.0 Å². The minimum atomic E-state index is -0.959. The molecule has 4 N–H and O–H groups in total. The van der Waals surface area contributed by atoms with Gasteiger partial charge in [0.05, 0.1) is 16.4 Å². The third-order valence-electron chi connectivity index (χ3n) is 7.65. The maximum absolute atomic E-state index is 13.6. The van der Waals surface area contributed by atoms with Crippen LogP contribution in [0.2, 0.25) is 0 Å². The summed E-state index contributed by atoms with van der Waals surface area (Å²) in [6, 6.07) is 12.4. The first-order valence-electron chi connectivity index (χ1n) is 15.0. The van der Waals surface area contributed by atoms with Gasteiger partial charge in [0.15, 0.2) is 5.12 Å². The number of para-hydroxylation sites is 1. The van der Waals surface area contributed by atoms with Crippen LogP contribution in [0.5, 0.6) is 0 Å². The summed E-state index contributed by atoms with van der Waals surface area (Å²) in [5, 5.41) is 8.05. The molecule has 0 aliphatic carbocycles. The van der Waals surface area contributed by atoms with Gasteiger partial charge in [-0.15, -0.1) is 0 Å². The quantitative estimate of drug-likeness (QED) is 0.199. The molecule has 5 amide bonds. The van der Waals surface area contributed by atoms with Crippen LogP contribution in [0.1, 0.15) is 66.3 Å². The van der Waals surface area contributed by atoms with Gasteiger partial charge in [-0.05, 0) is 48.9 Å². The van der Waals surface area contributed by atoms with E-state index in [1.807, 2.05) is 44.3 Å². The molecule has 1 aliphatic heterocycles. The number of hydrogen-bond acceptors (Lipinski definition) is 7. The maximum atomic E-state index is 13.6. The number of H-pyrrole nitrogens is 1. The molecule has 0 radical (unpaired) electrons. The Balaban J connectivity index is 1.43. The lowest BCUT2D eigenvalue weighted by Crippen LogP contribution is -2.55. The van der Waals surface area contributed by atoms with Crippen LogP contribution < -0.4 is 16.0 Å². The highest BCUT2D eigenvalue weighted by Gasteiger charge is 2.35. The first-order valence-corrected chi connectivity index (χ1v) is 15.9. The number of thioether (sulfide) groups is 1. The van der Waals surface area contributed by atoms with Gasteiger partial charge in [0, 0.05) is 44.0 Å². The normalized spacial score (nSPS) is 14.6. The first-order chi connectivity index (χ1) is 21.5. The molecule has 2 heterocycles. The fourth-order valence-corrected chi connectivity index (χ4v) is 6.32. The zero-order valence-electron chi connectivity index (χ0n) is 25.8. The average molecular weight is 634 g/mol. The van der Waals surface area contributed by atoms with E-state index in [-0.39, 0.29) is 54.6 Å². The van der Waals surface area contributed by atoms with E-state index in [0.717, 1.165) is 33.1 Å². The highest BCUT2D eigenvalue weighted by atomic mass is 32.2. The number of carbonyl (C=O) groups excluding carboxylic acids is 6. The molecule has 12 heteroatoms. The number of likely N-dealkylation sites (N-methyl/N-ethyl adjacent to an activating group) is 1. The smallest absolute Gasteiger partial charge is 0.261 e. The second-order valence-electron chi connectivity index (χ2n) is 11.5. The lowest BCUT2D eigenvalue weighted by atomic mass is 10.0. The maximum Gasteiger partial charge on any atom is 0.261 e. The number of amides is 5. The van der Waals surface area contributed by atoms with Crippen LogP contribution in [-0.4, -0.2) is 75.5 Å². The summed E-state index contributed by atoms with van der Waals surface area (Å²) in [4.78, 5) is 81.8. The van der Waals surface area contributed by atoms with Gasteiger partial charge in [-0.3, -0.25) is 33.7 Å². The van der Waals surface area contributed by atoms with Gasteiger partial charge in [-0.25, -0.2) is 0 Å². The monoisotopic (exact) mass is 633 g/mol. The lowest BCUT2D eigenvalue weighted by Gasteiger charge is -2.25. The van der Waals surface area contributed by atoms with Crippen molar-refractivity contribution in [2.24, 2.45) is 5.92 Å². The molecule has 3 atom stereocenters. The van der Waals surface area contributed by atoms with Gasteiger partial charge >= 0.3 is 0 Å². The molecule has 0 fully saturated rings. The minimum absolute atomic E-state index is 0.0286. The Bertz CT molecular complexity index is 1570. The summed E-state index contributed by atoms with van der Waals surface area (Å²) in [6.07, 6.45) is 2.83. The van der Waals surface area contributed by atoms with Crippen molar-refractivity contribution in [1.29, 1.82) is 0 Å². The Hall–Kier alpha value is -4.45. The molecule has 45 heavy (non-hydrogen) atoms. The molecule has 0 spiro atoms. The van der Waals surface area contributed by atoms with Gasteiger partial charge < -0.3 is 20.9 Å². The second-order valence-corrected chi connectivity index (χ2v) is 12.9. The second kappa shape index (κ2) is 15.0. The predicted octanol–water partition coefficient (Wildman–Crippen LogP) is 3.20. The number of imide groups is 1. The highest BCUT2D eigenvalue weighted by Crippen LogP contribution is 2.25. The molecule has 4 rings (SSSR count). The van der Waals surface area contributed by atoms with Crippen molar-refractivity contribution in [3.63, 3.8) is 0 Å². The van der Waals surface area contributed by atoms with Crippen molar-refractivity contribution < 1.29 is 28.8 Å². The largest absolute Gasteiger partial charge is 0.361 e. The van der Waals surface area contributed by atoms with Crippen LogP contribution in [0.4, 0.5) is 0 Å². The lowest BCUT2D eigenvalue weighted by molar-refractivity contribution is -0.132. The summed E-state index contributed by atoms with van der Waals surface area (Å²) in [5.41, 5.74) is 2.46. The standard InChI is InChI=1S/C33H39N5O6S/c1-19(2)16-26(30(41)36-27(29(40)34-4)17-21-18-35-25-13-8-7-10-22(21)25)37-31(42)28(45-20(3)39)14-9-15-38-32(43)23-11-5-6-12-24(23)33(38)44/h5-8,10-13,18-19,26-28,35H,9,14-17H2,1-4H3,(H,34,40)(H,36,41)(H,37,42)/t26?,27-,28?/m0/s1. The molecule has 1 aromatic heterocycles. The number of aromatic amines is 1. The predicted molar refractivity (Wildman–Crippen MR) is 172 cm³/mol. The molecule has 0 bridgehead atoms. The molecule has 11 nitrogen and oxygen atoms in total. The summed E-state index contributed by atoms with van der Waals surface area (Å²) in [6.45, 7) is 5.27. The van der Waals surface area contributed by atoms with Crippen molar-refractivity contribution in [2.45, 2.75) is 63.8 Å². The molecule has 1 aliphatic rings. The Morgan fingerprint density at radius 1 is 0.867 bits per heavy atom. The molecule has 238 valence electrons. The summed E-state index contributed by atoms with van der Waals surface area (Å²) in [5.74, 6) is -2.14. The number of nitrogens with zero attached hydrogens (tertiary/aromatic N) is 1. The van der Waals surface area contributed by atoms with E-state index >= 15 is 0 Å². The topological polar surface area (TPSA) is 158 Å². The molecular weight excluding hydrogens is 594 g/mol. The third kappa shape index (κ3) is 8.18. The summed E-state index contributed by atoms with van der Waals surface area (Å²) < 4.78 is 0. The van der Waals surface area contributed by atoms with Gasteiger partial charge in [-0.2, -0.15) is 0 Å². The number of nitrogens with one attached hydrogen (secondary N) is 4. The summed E-state index contributed by atoms with van der Waals surface area (Å²) >= 11 is 0.839. The molecular formula is C33H39N5O6S. The van der Waals surface area contributed by atoms with E-state index in [2.05, 4.69) is 20.9 Å². The number of aromatic nitrogens is 1. The number of rotatable bonds is 14. The Kier molecular flexibility index (Phi) is 11.2. The van der Waals surface area contributed by atoms with Crippen LogP contribution in [0.25, 0.3) is 10.9 Å². The zero-order valence-corrected chi connectivity index (χ0v) is 26.7. The van der Waals surface area contributed by atoms with E-state index in [0.29, 0.717) is 17.5 Å². The van der Waals surface area contributed by atoms with Crippen molar-refractivity contribution >= 4 is 57.3 Å².